The highest BCUT2D eigenvalue weighted by Crippen LogP contribution is 2.17. The smallest absolute Gasteiger partial charge is 0.265 e. The van der Waals surface area contributed by atoms with Crippen LogP contribution in [0.5, 0.6) is 0 Å². The molecule has 1 aromatic carbocycles. The Morgan fingerprint density at radius 3 is 2.47 bits per heavy atom. The monoisotopic (exact) mass is 290 g/mol. The molecule has 5 heteroatoms. The summed E-state index contributed by atoms with van der Waals surface area (Å²) in [7, 11) is 0. The Labute approximate surface area is 121 Å². The second-order valence-corrected chi connectivity index (χ2v) is 6.02. The van der Waals surface area contributed by atoms with Crippen molar-refractivity contribution in [2.45, 2.75) is 13.3 Å². The van der Waals surface area contributed by atoms with Gasteiger partial charge in [-0.25, -0.2) is 0 Å². The van der Waals surface area contributed by atoms with Gasteiger partial charge in [0.05, 0.1) is 9.87 Å². The molecule has 0 aliphatic rings. The SMILES string of the molecule is Cc1ccc(C(=O)Nc2ccc(CC(N)=S)cc2)s1. The van der Waals surface area contributed by atoms with E-state index in [2.05, 4.69) is 5.32 Å². The number of thiocarbonyl (C=S) groups is 1. The summed E-state index contributed by atoms with van der Waals surface area (Å²) in [5.74, 6) is -0.0832. The fraction of sp³-hybridized carbons (Fsp3) is 0.143. The van der Waals surface area contributed by atoms with Crippen LogP contribution in [0.1, 0.15) is 20.1 Å². The summed E-state index contributed by atoms with van der Waals surface area (Å²) >= 11 is 6.34. The number of carbonyl (C=O) groups is 1. The van der Waals surface area contributed by atoms with Crippen LogP contribution in [-0.4, -0.2) is 10.9 Å². The molecule has 0 atom stereocenters. The van der Waals surface area contributed by atoms with E-state index in [0.29, 0.717) is 16.3 Å². The van der Waals surface area contributed by atoms with Crippen LogP contribution in [0.25, 0.3) is 0 Å². The van der Waals surface area contributed by atoms with E-state index in [1.165, 1.54) is 11.3 Å². The van der Waals surface area contributed by atoms with E-state index >= 15 is 0 Å². The van der Waals surface area contributed by atoms with Gasteiger partial charge in [0, 0.05) is 17.0 Å². The number of carbonyl (C=O) groups excluding carboxylic acids is 1. The number of benzene rings is 1. The second kappa shape index (κ2) is 5.95. The van der Waals surface area contributed by atoms with Crippen LogP contribution in [0.3, 0.4) is 0 Å². The van der Waals surface area contributed by atoms with Gasteiger partial charge in [-0.1, -0.05) is 24.4 Å². The van der Waals surface area contributed by atoms with Crippen LogP contribution in [0, 0.1) is 6.92 Å². The molecular formula is C14H14N2OS2. The first kappa shape index (κ1) is 13.7. The maximum Gasteiger partial charge on any atom is 0.265 e. The number of nitrogens with two attached hydrogens (primary N) is 1. The van der Waals surface area contributed by atoms with E-state index in [9.17, 15) is 4.79 Å². The van der Waals surface area contributed by atoms with E-state index in [1.54, 1.807) is 0 Å². The first-order valence-electron chi connectivity index (χ1n) is 5.79. The van der Waals surface area contributed by atoms with Crippen molar-refractivity contribution in [2.75, 3.05) is 5.32 Å². The summed E-state index contributed by atoms with van der Waals surface area (Å²) in [6, 6.07) is 11.3. The average molecular weight is 290 g/mol. The summed E-state index contributed by atoms with van der Waals surface area (Å²) < 4.78 is 0. The zero-order chi connectivity index (χ0) is 13.8. The van der Waals surface area contributed by atoms with Crippen LogP contribution in [-0.2, 0) is 6.42 Å². The van der Waals surface area contributed by atoms with E-state index in [4.69, 9.17) is 18.0 Å². The Morgan fingerprint density at radius 2 is 1.95 bits per heavy atom. The van der Waals surface area contributed by atoms with Crippen LogP contribution in [0.4, 0.5) is 5.69 Å². The normalized spacial score (nSPS) is 10.2. The quantitative estimate of drug-likeness (QED) is 0.851. The third kappa shape index (κ3) is 3.87. The molecule has 0 fully saturated rings. The van der Waals surface area contributed by atoms with Gasteiger partial charge >= 0.3 is 0 Å². The lowest BCUT2D eigenvalue weighted by Crippen LogP contribution is -2.12. The van der Waals surface area contributed by atoms with Crippen molar-refractivity contribution < 1.29 is 4.79 Å². The lowest BCUT2D eigenvalue weighted by Gasteiger charge is -2.05. The summed E-state index contributed by atoms with van der Waals surface area (Å²) in [6.45, 7) is 1.98. The van der Waals surface area contributed by atoms with E-state index < -0.39 is 0 Å². The second-order valence-electron chi connectivity index (χ2n) is 4.20. The maximum absolute atomic E-state index is 11.9. The van der Waals surface area contributed by atoms with Gasteiger partial charge < -0.3 is 11.1 Å². The molecule has 0 spiro atoms. The molecule has 0 unspecified atom stereocenters. The van der Waals surface area contributed by atoms with E-state index in [1.807, 2.05) is 43.3 Å². The zero-order valence-electron chi connectivity index (χ0n) is 10.5. The minimum Gasteiger partial charge on any atom is -0.393 e. The van der Waals surface area contributed by atoms with Gasteiger partial charge in [0.25, 0.3) is 5.91 Å². The average Bonchev–Trinajstić information content (AvgIpc) is 2.78. The van der Waals surface area contributed by atoms with Crippen molar-refractivity contribution in [3.05, 3.63) is 51.7 Å². The van der Waals surface area contributed by atoms with Gasteiger partial charge in [-0.05, 0) is 36.8 Å². The van der Waals surface area contributed by atoms with Gasteiger partial charge in [-0.3, -0.25) is 4.79 Å². The number of nitrogens with one attached hydrogen (secondary N) is 1. The van der Waals surface area contributed by atoms with Crippen LogP contribution >= 0.6 is 23.6 Å². The third-order valence-electron chi connectivity index (χ3n) is 2.55. The number of anilines is 1. The minimum absolute atomic E-state index is 0.0832. The molecule has 0 radical (unpaired) electrons. The molecule has 0 aliphatic carbocycles. The van der Waals surface area contributed by atoms with Gasteiger partial charge in [0.2, 0.25) is 0 Å². The van der Waals surface area contributed by atoms with Gasteiger partial charge in [0.15, 0.2) is 0 Å². The molecule has 0 aliphatic heterocycles. The van der Waals surface area contributed by atoms with Crippen molar-refractivity contribution in [3.63, 3.8) is 0 Å². The fourth-order valence-corrected chi connectivity index (χ4v) is 2.59. The van der Waals surface area contributed by atoms with E-state index in [-0.39, 0.29) is 5.91 Å². The molecule has 0 saturated heterocycles. The number of aryl methyl sites for hydroxylation is 1. The molecule has 3 N–H and O–H groups in total. The summed E-state index contributed by atoms with van der Waals surface area (Å²) in [5, 5.41) is 2.86. The summed E-state index contributed by atoms with van der Waals surface area (Å²) in [6.07, 6.45) is 0.577. The Hall–Kier alpha value is -1.72. The third-order valence-corrected chi connectivity index (χ3v) is 3.70. The molecule has 19 heavy (non-hydrogen) atoms. The van der Waals surface area contributed by atoms with Crippen molar-refractivity contribution in [3.8, 4) is 0 Å². The molecule has 2 rings (SSSR count). The first-order valence-corrected chi connectivity index (χ1v) is 7.02. The number of hydrogen-bond donors (Lipinski definition) is 2. The molecule has 1 aromatic heterocycles. The highest BCUT2D eigenvalue weighted by atomic mass is 32.1. The Morgan fingerprint density at radius 1 is 1.26 bits per heavy atom. The number of thiophene rings is 1. The maximum atomic E-state index is 11.9. The van der Waals surface area contributed by atoms with Gasteiger partial charge in [0.1, 0.15) is 0 Å². The summed E-state index contributed by atoms with van der Waals surface area (Å²) in [4.78, 5) is 14.2. The first-order chi connectivity index (χ1) is 9.04. The van der Waals surface area contributed by atoms with Crippen molar-refractivity contribution in [1.29, 1.82) is 0 Å². The van der Waals surface area contributed by atoms with Crippen molar-refractivity contribution >= 4 is 40.1 Å². The molecule has 3 nitrogen and oxygen atoms in total. The Kier molecular flexibility index (Phi) is 4.29. The number of amides is 1. The molecule has 1 heterocycles. The summed E-state index contributed by atoms with van der Waals surface area (Å²) in [5.41, 5.74) is 7.29. The lowest BCUT2D eigenvalue weighted by molar-refractivity contribution is 0.103. The zero-order valence-corrected chi connectivity index (χ0v) is 12.1. The van der Waals surface area contributed by atoms with E-state index in [0.717, 1.165) is 16.1 Å². The fourth-order valence-electron chi connectivity index (χ4n) is 1.66. The molecule has 98 valence electrons. The Balaban J connectivity index is 2.03. The number of hydrogen-bond acceptors (Lipinski definition) is 3. The highest BCUT2D eigenvalue weighted by Gasteiger charge is 2.08. The Bertz CT molecular complexity index is 602. The molecule has 2 aromatic rings. The van der Waals surface area contributed by atoms with Gasteiger partial charge in [-0.15, -0.1) is 11.3 Å². The predicted molar refractivity (Wildman–Crippen MR) is 83.9 cm³/mol. The lowest BCUT2D eigenvalue weighted by atomic mass is 10.1. The largest absolute Gasteiger partial charge is 0.393 e. The highest BCUT2D eigenvalue weighted by molar-refractivity contribution is 7.80. The molecule has 0 saturated carbocycles. The van der Waals surface area contributed by atoms with Crippen LogP contribution < -0.4 is 11.1 Å². The van der Waals surface area contributed by atoms with Crippen molar-refractivity contribution in [2.24, 2.45) is 5.73 Å². The van der Waals surface area contributed by atoms with Crippen molar-refractivity contribution in [1.82, 2.24) is 0 Å². The molecule has 0 bridgehead atoms. The molecule has 1 amide bonds. The van der Waals surface area contributed by atoms with Gasteiger partial charge in [-0.2, -0.15) is 0 Å². The molecular weight excluding hydrogens is 276 g/mol. The number of rotatable bonds is 4. The topological polar surface area (TPSA) is 55.1 Å². The predicted octanol–water partition coefficient (Wildman–Crippen LogP) is 3.14. The minimum atomic E-state index is -0.0832. The van der Waals surface area contributed by atoms with Crippen LogP contribution in [0.2, 0.25) is 0 Å². The standard InChI is InChI=1S/C14H14N2OS2/c1-9-2-7-12(19-9)14(17)16-11-5-3-10(4-6-11)8-13(15)18/h2-7H,8H2,1H3,(H2,15,18)(H,16,17). The van der Waals surface area contributed by atoms with Crippen LogP contribution in [0.15, 0.2) is 36.4 Å².